The fourth-order valence-electron chi connectivity index (χ4n) is 3.37. The molecular weight excluding hydrogens is 356 g/mol. The van der Waals surface area contributed by atoms with Crippen molar-refractivity contribution in [2.45, 2.75) is 45.4 Å². The molecule has 0 bridgehead atoms. The summed E-state index contributed by atoms with van der Waals surface area (Å²) in [5.41, 5.74) is 1.88. The maximum atomic E-state index is 12.6. The fraction of sp³-hybridized carbons (Fsp3) is 0.667. The van der Waals surface area contributed by atoms with Gasteiger partial charge in [0.1, 0.15) is 5.00 Å². The second kappa shape index (κ2) is 8.96. The van der Waals surface area contributed by atoms with Crippen LogP contribution in [0.25, 0.3) is 0 Å². The predicted molar refractivity (Wildman–Crippen MR) is 105 cm³/mol. The number of anilines is 1. The third-order valence-electron chi connectivity index (χ3n) is 4.67. The van der Waals surface area contributed by atoms with Crippen molar-refractivity contribution in [3.63, 3.8) is 0 Å². The second-order valence-electron chi connectivity index (χ2n) is 6.37. The van der Waals surface area contributed by atoms with Gasteiger partial charge in [-0.1, -0.05) is 12.8 Å². The molecule has 0 spiro atoms. The molecule has 7 heteroatoms. The highest BCUT2D eigenvalue weighted by Crippen LogP contribution is 2.37. The molecule has 0 unspecified atom stereocenters. The average molecular weight is 383 g/mol. The maximum Gasteiger partial charge on any atom is 0.341 e. The molecule has 0 atom stereocenters. The summed E-state index contributed by atoms with van der Waals surface area (Å²) >= 11 is 7.25. The zero-order chi connectivity index (χ0) is 17.6. The lowest BCUT2D eigenvalue weighted by molar-refractivity contribution is 0.0526. The molecule has 0 saturated carbocycles. The normalized spacial score (nSPS) is 18.0. The summed E-state index contributed by atoms with van der Waals surface area (Å²) in [6.07, 6.45) is 6.80. The summed E-state index contributed by atoms with van der Waals surface area (Å²) < 4.78 is 10.7. The van der Waals surface area contributed by atoms with Gasteiger partial charge in [0.25, 0.3) is 0 Å². The van der Waals surface area contributed by atoms with E-state index in [-0.39, 0.29) is 5.97 Å². The van der Waals surface area contributed by atoms with Gasteiger partial charge >= 0.3 is 5.97 Å². The van der Waals surface area contributed by atoms with Crippen molar-refractivity contribution >= 4 is 39.6 Å². The van der Waals surface area contributed by atoms with Gasteiger partial charge in [0.2, 0.25) is 0 Å². The highest BCUT2D eigenvalue weighted by Gasteiger charge is 2.26. The summed E-state index contributed by atoms with van der Waals surface area (Å²) in [7, 11) is 0. The summed E-state index contributed by atoms with van der Waals surface area (Å²) in [4.78, 5) is 16.0. The Morgan fingerprint density at radius 3 is 2.68 bits per heavy atom. The van der Waals surface area contributed by atoms with E-state index < -0.39 is 0 Å². The van der Waals surface area contributed by atoms with Crippen LogP contribution in [-0.4, -0.2) is 48.9 Å². The van der Waals surface area contributed by atoms with Crippen molar-refractivity contribution in [1.82, 2.24) is 4.90 Å². The van der Waals surface area contributed by atoms with Crippen molar-refractivity contribution in [2.24, 2.45) is 0 Å². The number of morpholine rings is 1. The van der Waals surface area contributed by atoms with Crippen molar-refractivity contribution < 1.29 is 14.3 Å². The van der Waals surface area contributed by atoms with E-state index in [1.54, 1.807) is 11.3 Å². The Bertz CT molecular complexity index is 624. The highest BCUT2D eigenvalue weighted by molar-refractivity contribution is 7.80. The van der Waals surface area contributed by atoms with Crippen LogP contribution in [0, 0.1) is 0 Å². The third kappa shape index (κ3) is 4.51. The number of aryl methyl sites for hydroxylation is 1. The number of thiocarbonyl (C=S) groups is 1. The van der Waals surface area contributed by atoms with Crippen LogP contribution in [0.4, 0.5) is 5.00 Å². The summed E-state index contributed by atoms with van der Waals surface area (Å²) in [5.74, 6) is -0.229. The van der Waals surface area contributed by atoms with E-state index in [2.05, 4.69) is 10.2 Å². The largest absolute Gasteiger partial charge is 0.462 e. The minimum absolute atomic E-state index is 0.229. The summed E-state index contributed by atoms with van der Waals surface area (Å²) in [6, 6.07) is 0. The minimum atomic E-state index is -0.229. The lowest BCUT2D eigenvalue weighted by Crippen LogP contribution is -2.42. The number of nitrogens with one attached hydrogen (secondary N) is 1. The van der Waals surface area contributed by atoms with E-state index in [0.29, 0.717) is 30.5 Å². The van der Waals surface area contributed by atoms with E-state index in [9.17, 15) is 4.79 Å². The molecule has 138 valence electrons. The molecule has 1 aliphatic carbocycles. The first-order valence-corrected chi connectivity index (χ1v) is 10.4. The first-order chi connectivity index (χ1) is 12.2. The monoisotopic (exact) mass is 382 g/mol. The smallest absolute Gasteiger partial charge is 0.341 e. The van der Waals surface area contributed by atoms with E-state index in [1.807, 2.05) is 6.92 Å². The first kappa shape index (κ1) is 18.6. The van der Waals surface area contributed by atoms with Crippen LogP contribution in [0.3, 0.4) is 0 Å². The number of hydrogen-bond acceptors (Lipinski definition) is 5. The van der Waals surface area contributed by atoms with E-state index in [4.69, 9.17) is 21.7 Å². The van der Waals surface area contributed by atoms with Crippen molar-refractivity contribution in [1.29, 1.82) is 0 Å². The lowest BCUT2D eigenvalue weighted by Gasteiger charge is -2.29. The molecule has 1 saturated heterocycles. The molecule has 25 heavy (non-hydrogen) atoms. The molecule has 1 aliphatic heterocycles. The number of hydrogen-bond donors (Lipinski definition) is 1. The molecule has 3 rings (SSSR count). The molecule has 0 radical (unpaired) electrons. The molecule has 0 aromatic carbocycles. The Morgan fingerprint density at radius 2 is 1.96 bits per heavy atom. The zero-order valence-electron chi connectivity index (χ0n) is 14.8. The van der Waals surface area contributed by atoms with E-state index in [0.717, 1.165) is 37.4 Å². The van der Waals surface area contributed by atoms with E-state index >= 15 is 0 Å². The van der Waals surface area contributed by atoms with Crippen molar-refractivity contribution in [3.05, 3.63) is 16.0 Å². The van der Waals surface area contributed by atoms with Crippen molar-refractivity contribution in [3.8, 4) is 0 Å². The number of carbonyl (C=O) groups excluding carboxylic acids is 1. The van der Waals surface area contributed by atoms with Gasteiger partial charge in [-0.15, -0.1) is 11.3 Å². The number of carbonyl (C=O) groups is 1. The van der Waals surface area contributed by atoms with Gasteiger partial charge in [-0.25, -0.2) is 4.79 Å². The molecule has 1 N–H and O–H groups in total. The van der Waals surface area contributed by atoms with Gasteiger partial charge in [-0.2, -0.15) is 0 Å². The van der Waals surface area contributed by atoms with Gasteiger partial charge in [-0.3, -0.25) is 0 Å². The SMILES string of the molecule is CCOC(=O)c1c(NC(=S)N2CCOCC2)sc2c1CCCCCC2. The number of esters is 1. The Labute approximate surface area is 158 Å². The Morgan fingerprint density at radius 1 is 1.24 bits per heavy atom. The Kier molecular flexibility index (Phi) is 6.67. The topological polar surface area (TPSA) is 50.8 Å². The van der Waals surface area contributed by atoms with Gasteiger partial charge in [0.15, 0.2) is 5.11 Å². The maximum absolute atomic E-state index is 12.6. The van der Waals surface area contributed by atoms with Crippen LogP contribution < -0.4 is 5.32 Å². The fourth-order valence-corrected chi connectivity index (χ4v) is 4.99. The van der Waals surface area contributed by atoms with Crippen molar-refractivity contribution in [2.75, 3.05) is 38.2 Å². The number of rotatable bonds is 3. The van der Waals surface area contributed by atoms with Gasteiger partial charge < -0.3 is 19.7 Å². The molecule has 1 fully saturated rings. The Hall–Kier alpha value is -1.18. The number of ether oxygens (including phenoxy) is 2. The molecule has 5 nitrogen and oxygen atoms in total. The highest BCUT2D eigenvalue weighted by atomic mass is 32.1. The summed E-state index contributed by atoms with van der Waals surface area (Å²) in [6.45, 7) is 5.18. The predicted octanol–water partition coefficient (Wildman–Crippen LogP) is 3.61. The minimum Gasteiger partial charge on any atom is -0.462 e. The quantitative estimate of drug-likeness (QED) is 0.637. The molecule has 1 aromatic heterocycles. The van der Waals surface area contributed by atoms with Crippen LogP contribution in [0.15, 0.2) is 0 Å². The second-order valence-corrected chi connectivity index (χ2v) is 7.86. The lowest BCUT2D eigenvalue weighted by atomic mass is 9.96. The van der Waals surface area contributed by atoms with Crippen LogP contribution in [0.1, 0.15) is 53.4 Å². The number of thiophene rings is 1. The van der Waals surface area contributed by atoms with Gasteiger partial charge in [0, 0.05) is 18.0 Å². The zero-order valence-corrected chi connectivity index (χ0v) is 16.4. The first-order valence-electron chi connectivity index (χ1n) is 9.16. The number of nitrogens with zero attached hydrogens (tertiary/aromatic N) is 1. The molecular formula is C18H26N2O3S2. The molecule has 0 amide bonds. The number of fused-ring (bicyclic) bond motifs is 1. The standard InChI is InChI=1S/C18H26N2O3S2/c1-2-23-17(21)15-13-7-5-3-4-6-8-14(13)25-16(15)19-18(24)20-9-11-22-12-10-20/h2-12H2,1H3,(H,19,24). The van der Waals surface area contributed by atoms with Gasteiger partial charge in [0.05, 0.1) is 25.4 Å². The van der Waals surface area contributed by atoms with Gasteiger partial charge in [-0.05, 0) is 50.4 Å². The molecule has 2 aliphatic rings. The molecule has 1 aromatic rings. The van der Waals surface area contributed by atoms with Crippen LogP contribution >= 0.6 is 23.6 Å². The van der Waals surface area contributed by atoms with E-state index in [1.165, 1.54) is 29.7 Å². The van der Waals surface area contributed by atoms with Crippen LogP contribution in [0.5, 0.6) is 0 Å². The molecule has 2 heterocycles. The third-order valence-corrected chi connectivity index (χ3v) is 6.24. The summed E-state index contributed by atoms with van der Waals surface area (Å²) in [5, 5.41) is 4.86. The Balaban J connectivity index is 1.86. The van der Waals surface area contributed by atoms with Crippen LogP contribution in [0.2, 0.25) is 0 Å². The van der Waals surface area contributed by atoms with Crippen LogP contribution in [-0.2, 0) is 22.3 Å². The average Bonchev–Trinajstić information content (AvgIpc) is 2.92.